The topological polar surface area (TPSA) is 73.8 Å². The van der Waals surface area contributed by atoms with Crippen molar-refractivity contribution in [1.82, 2.24) is 19.7 Å². The number of hydrogen-bond donors (Lipinski definition) is 0. The van der Waals surface area contributed by atoms with E-state index in [0.29, 0.717) is 11.8 Å². The van der Waals surface area contributed by atoms with Crippen molar-refractivity contribution in [3.63, 3.8) is 0 Å². The quantitative estimate of drug-likeness (QED) is 0.703. The maximum absolute atomic E-state index is 11.4. The van der Waals surface area contributed by atoms with Crippen LogP contribution in [0, 0.1) is 6.92 Å². The predicted molar refractivity (Wildman–Crippen MR) is 51.6 cm³/mol. The van der Waals surface area contributed by atoms with Crippen LogP contribution in [0.3, 0.4) is 0 Å². The molecule has 0 fully saturated rings. The van der Waals surface area contributed by atoms with Crippen LogP contribution < -0.4 is 5.56 Å². The van der Waals surface area contributed by atoms with Crippen molar-refractivity contribution in [2.75, 3.05) is 0 Å². The van der Waals surface area contributed by atoms with E-state index in [0.717, 1.165) is 0 Å². The number of halogens is 1. The van der Waals surface area contributed by atoms with Gasteiger partial charge in [-0.25, -0.2) is 4.98 Å². The second kappa shape index (κ2) is 3.82. The summed E-state index contributed by atoms with van der Waals surface area (Å²) < 4.78 is 6.46. The van der Waals surface area contributed by atoms with Gasteiger partial charge < -0.3 is 4.42 Å². The van der Waals surface area contributed by atoms with E-state index >= 15 is 0 Å². The lowest BCUT2D eigenvalue weighted by atomic mass is 10.5. The van der Waals surface area contributed by atoms with Crippen LogP contribution in [0.4, 0.5) is 0 Å². The van der Waals surface area contributed by atoms with Crippen molar-refractivity contribution >= 4 is 11.6 Å². The fourth-order valence-electron chi connectivity index (χ4n) is 1.07. The normalized spacial score (nSPS) is 10.5. The number of aryl methyl sites for hydroxylation is 1. The highest BCUT2D eigenvalue weighted by Crippen LogP contribution is 2.01. The van der Waals surface area contributed by atoms with E-state index in [9.17, 15) is 4.79 Å². The van der Waals surface area contributed by atoms with Gasteiger partial charge in [0.1, 0.15) is 11.7 Å². The highest BCUT2D eigenvalue weighted by atomic mass is 35.5. The molecule has 0 aliphatic heterocycles. The molecule has 0 amide bonds. The Morgan fingerprint density at radius 2 is 2.33 bits per heavy atom. The molecular weight excluding hydrogens is 220 g/mol. The van der Waals surface area contributed by atoms with Crippen molar-refractivity contribution in [2.45, 2.75) is 13.5 Å². The van der Waals surface area contributed by atoms with Crippen LogP contribution in [0.5, 0.6) is 0 Å². The molecule has 0 atom stereocenters. The highest BCUT2D eigenvalue weighted by molar-refractivity contribution is 6.29. The van der Waals surface area contributed by atoms with Crippen molar-refractivity contribution < 1.29 is 4.42 Å². The molecule has 0 aromatic carbocycles. The van der Waals surface area contributed by atoms with Crippen molar-refractivity contribution in [3.8, 4) is 0 Å². The zero-order valence-electron chi connectivity index (χ0n) is 7.85. The molecule has 78 valence electrons. The Labute approximate surface area is 89.5 Å². The Morgan fingerprint density at radius 1 is 1.53 bits per heavy atom. The summed E-state index contributed by atoms with van der Waals surface area (Å²) in [5, 5.41) is 7.58. The van der Waals surface area contributed by atoms with E-state index in [-0.39, 0.29) is 17.3 Å². The first-order chi connectivity index (χ1) is 7.15. The lowest BCUT2D eigenvalue weighted by Crippen LogP contribution is -2.20. The first-order valence-corrected chi connectivity index (χ1v) is 4.54. The van der Waals surface area contributed by atoms with Gasteiger partial charge in [-0.3, -0.25) is 9.36 Å². The van der Waals surface area contributed by atoms with Crippen molar-refractivity contribution in [3.05, 3.63) is 39.7 Å². The van der Waals surface area contributed by atoms with E-state index in [2.05, 4.69) is 15.2 Å². The van der Waals surface area contributed by atoms with Crippen LogP contribution in [0.15, 0.2) is 21.6 Å². The molecule has 2 rings (SSSR count). The number of rotatable bonds is 2. The smallest absolute Gasteiger partial charge is 0.255 e. The van der Waals surface area contributed by atoms with E-state index < -0.39 is 0 Å². The first kappa shape index (κ1) is 9.85. The monoisotopic (exact) mass is 226 g/mol. The first-order valence-electron chi connectivity index (χ1n) is 4.16. The maximum Gasteiger partial charge on any atom is 0.255 e. The molecule has 6 nitrogen and oxygen atoms in total. The zero-order valence-corrected chi connectivity index (χ0v) is 8.60. The van der Waals surface area contributed by atoms with Gasteiger partial charge in [-0.1, -0.05) is 11.6 Å². The second-order valence-corrected chi connectivity index (χ2v) is 3.28. The minimum Gasteiger partial charge on any atom is -0.424 e. The van der Waals surface area contributed by atoms with Crippen LogP contribution >= 0.6 is 11.6 Å². The van der Waals surface area contributed by atoms with E-state index in [1.165, 1.54) is 17.0 Å². The van der Waals surface area contributed by atoms with Crippen molar-refractivity contribution in [1.29, 1.82) is 0 Å². The van der Waals surface area contributed by atoms with Crippen LogP contribution in [-0.4, -0.2) is 19.7 Å². The van der Waals surface area contributed by atoms with Crippen molar-refractivity contribution in [2.24, 2.45) is 0 Å². The number of aromatic nitrogens is 4. The number of nitrogens with zero attached hydrogens (tertiary/aromatic N) is 4. The molecule has 0 unspecified atom stereocenters. The molecule has 15 heavy (non-hydrogen) atoms. The average Bonchev–Trinajstić information content (AvgIpc) is 2.56. The Bertz CT molecular complexity index is 533. The summed E-state index contributed by atoms with van der Waals surface area (Å²) in [6.07, 6.45) is 1.34. The van der Waals surface area contributed by atoms with E-state index in [4.69, 9.17) is 16.0 Å². The summed E-state index contributed by atoms with van der Waals surface area (Å²) >= 11 is 5.55. The molecule has 7 heteroatoms. The molecule has 0 N–H and O–H groups in total. The van der Waals surface area contributed by atoms with Gasteiger partial charge in [0.25, 0.3) is 5.56 Å². The fraction of sp³-hybridized carbons (Fsp3) is 0.250. The van der Waals surface area contributed by atoms with Crippen LogP contribution in [-0.2, 0) is 6.54 Å². The lowest BCUT2D eigenvalue weighted by molar-refractivity contribution is 0.450. The number of hydrogen-bond acceptors (Lipinski definition) is 5. The van der Waals surface area contributed by atoms with Gasteiger partial charge in [0.2, 0.25) is 11.8 Å². The van der Waals surface area contributed by atoms with Gasteiger partial charge in [-0.15, -0.1) is 10.2 Å². The third kappa shape index (κ3) is 2.21. The molecule has 2 aromatic heterocycles. The largest absolute Gasteiger partial charge is 0.424 e. The Morgan fingerprint density at radius 3 is 2.93 bits per heavy atom. The van der Waals surface area contributed by atoms with Gasteiger partial charge in [0.05, 0.1) is 6.33 Å². The lowest BCUT2D eigenvalue weighted by Gasteiger charge is -1.99. The minimum atomic E-state index is -0.258. The van der Waals surface area contributed by atoms with Gasteiger partial charge in [0.15, 0.2) is 0 Å². The van der Waals surface area contributed by atoms with E-state index in [1.807, 2.05) is 0 Å². The maximum atomic E-state index is 11.4. The van der Waals surface area contributed by atoms with Crippen LogP contribution in [0.1, 0.15) is 11.8 Å². The molecule has 0 saturated carbocycles. The third-order valence-corrected chi connectivity index (χ3v) is 1.93. The van der Waals surface area contributed by atoms with Gasteiger partial charge >= 0.3 is 0 Å². The van der Waals surface area contributed by atoms with Gasteiger partial charge in [-0.05, 0) is 0 Å². The predicted octanol–water partition coefficient (Wildman–Crippen LogP) is 0.636. The molecule has 0 spiro atoms. The van der Waals surface area contributed by atoms with Gasteiger partial charge in [0, 0.05) is 13.0 Å². The summed E-state index contributed by atoms with van der Waals surface area (Å²) in [6, 6.07) is 1.23. The molecule has 0 radical (unpaired) electrons. The standard InChI is InChI=1S/C8H7ClN4O2/c1-5-11-12-7(15-5)3-13-4-10-6(9)2-8(13)14/h2,4H,3H2,1H3. The molecule has 0 bridgehead atoms. The highest BCUT2D eigenvalue weighted by Gasteiger charge is 2.05. The average molecular weight is 227 g/mol. The summed E-state index contributed by atoms with van der Waals surface area (Å²) in [5.41, 5.74) is -0.258. The Balaban J connectivity index is 2.28. The summed E-state index contributed by atoms with van der Waals surface area (Å²) in [7, 11) is 0. The van der Waals surface area contributed by atoms with Crippen LogP contribution in [0.25, 0.3) is 0 Å². The SMILES string of the molecule is Cc1nnc(Cn2cnc(Cl)cc2=O)o1. The molecule has 2 heterocycles. The summed E-state index contributed by atoms with van der Waals surface area (Å²) in [6.45, 7) is 1.88. The van der Waals surface area contributed by atoms with Gasteiger partial charge in [-0.2, -0.15) is 0 Å². The second-order valence-electron chi connectivity index (χ2n) is 2.89. The fourth-order valence-corrected chi connectivity index (χ4v) is 1.21. The Hall–Kier alpha value is -1.69. The summed E-state index contributed by atoms with van der Waals surface area (Å²) in [4.78, 5) is 15.2. The Kier molecular flexibility index (Phi) is 2.51. The molecular formula is C8H7ClN4O2. The molecule has 0 aliphatic rings. The third-order valence-electron chi connectivity index (χ3n) is 1.72. The molecule has 0 saturated heterocycles. The van der Waals surface area contributed by atoms with Crippen LogP contribution in [0.2, 0.25) is 5.15 Å². The minimum absolute atomic E-state index is 0.165. The molecule has 2 aromatic rings. The zero-order chi connectivity index (χ0) is 10.8. The summed E-state index contributed by atoms with van der Waals surface area (Å²) in [5.74, 6) is 0.818. The molecule has 0 aliphatic carbocycles. The van der Waals surface area contributed by atoms with E-state index in [1.54, 1.807) is 6.92 Å².